The van der Waals surface area contributed by atoms with Gasteiger partial charge in [0.2, 0.25) is 5.89 Å². The fourth-order valence-electron chi connectivity index (χ4n) is 2.90. The highest BCUT2D eigenvalue weighted by Gasteiger charge is 2.13. The first kappa shape index (κ1) is 20.2. The molecule has 1 heterocycles. The molecule has 8 heteroatoms. The predicted molar refractivity (Wildman–Crippen MR) is 115 cm³/mol. The van der Waals surface area contributed by atoms with Gasteiger partial charge in [0.25, 0.3) is 5.91 Å². The van der Waals surface area contributed by atoms with Gasteiger partial charge in [-0.2, -0.15) is 0 Å². The summed E-state index contributed by atoms with van der Waals surface area (Å²) in [5, 5.41) is 3.56. The van der Waals surface area contributed by atoms with Crippen molar-refractivity contribution < 1.29 is 18.3 Å². The van der Waals surface area contributed by atoms with Crippen LogP contribution in [-0.4, -0.2) is 17.5 Å². The van der Waals surface area contributed by atoms with Gasteiger partial charge in [0.15, 0.2) is 12.2 Å². The van der Waals surface area contributed by atoms with Crippen molar-refractivity contribution in [1.82, 2.24) is 4.98 Å². The van der Waals surface area contributed by atoms with Crippen molar-refractivity contribution in [2.75, 3.05) is 11.9 Å². The average molecular weight is 445 g/mol. The number of carbonyl (C=O) groups is 1. The third-order valence-corrected chi connectivity index (χ3v) is 4.88. The highest BCUT2D eigenvalue weighted by Crippen LogP contribution is 2.31. The van der Waals surface area contributed by atoms with Gasteiger partial charge in [-0.1, -0.05) is 23.2 Å². The summed E-state index contributed by atoms with van der Waals surface area (Å²) in [7, 11) is 0. The zero-order valence-electron chi connectivity index (χ0n) is 15.7. The molecule has 3 aromatic carbocycles. The topological polar surface area (TPSA) is 64.4 Å². The normalized spacial score (nSPS) is 10.9. The van der Waals surface area contributed by atoms with Gasteiger partial charge in [-0.05, 0) is 67.1 Å². The zero-order chi connectivity index (χ0) is 21.3. The molecule has 0 unspecified atom stereocenters. The minimum absolute atomic E-state index is 0.157. The van der Waals surface area contributed by atoms with Crippen LogP contribution in [0.15, 0.2) is 59.0 Å². The summed E-state index contributed by atoms with van der Waals surface area (Å²) < 4.78 is 24.5. The molecule has 1 amide bonds. The molecule has 0 fully saturated rings. The van der Waals surface area contributed by atoms with Crippen molar-refractivity contribution in [2.45, 2.75) is 6.92 Å². The molecule has 4 aromatic rings. The Hall–Kier alpha value is -3.09. The van der Waals surface area contributed by atoms with Gasteiger partial charge >= 0.3 is 0 Å². The number of fused-ring (bicyclic) bond motifs is 1. The maximum absolute atomic E-state index is 13.3. The van der Waals surface area contributed by atoms with Crippen molar-refractivity contribution in [3.63, 3.8) is 0 Å². The Balaban J connectivity index is 1.47. The first-order valence-corrected chi connectivity index (χ1v) is 9.69. The second-order valence-electron chi connectivity index (χ2n) is 6.57. The number of hydrogen-bond acceptors (Lipinski definition) is 4. The van der Waals surface area contributed by atoms with E-state index in [0.29, 0.717) is 33.1 Å². The van der Waals surface area contributed by atoms with Gasteiger partial charge < -0.3 is 14.5 Å². The molecule has 0 saturated carbocycles. The lowest BCUT2D eigenvalue weighted by molar-refractivity contribution is -0.118. The molecule has 1 N–H and O–H groups in total. The maximum Gasteiger partial charge on any atom is 0.262 e. The highest BCUT2D eigenvalue weighted by atomic mass is 35.5. The number of nitrogens with zero attached hydrogens (tertiary/aromatic N) is 1. The summed E-state index contributed by atoms with van der Waals surface area (Å²) in [5.74, 6) is 0.0808. The number of anilines is 1. The number of benzene rings is 3. The van der Waals surface area contributed by atoms with Crippen molar-refractivity contribution >= 4 is 45.9 Å². The van der Waals surface area contributed by atoms with Gasteiger partial charge in [-0.15, -0.1) is 0 Å². The molecule has 4 rings (SSSR count). The number of hydrogen-bond donors (Lipinski definition) is 1. The number of aryl methyl sites for hydroxylation is 1. The van der Waals surface area contributed by atoms with E-state index < -0.39 is 5.82 Å². The SMILES string of the molecule is Cc1cc(Cl)ccc1OCC(=O)Nc1ccc2oc(-c3ccc(F)cc3Cl)nc2c1. The van der Waals surface area contributed by atoms with Crippen LogP contribution in [0.2, 0.25) is 10.0 Å². The second kappa shape index (κ2) is 8.34. The Labute approximate surface area is 181 Å². The van der Waals surface area contributed by atoms with E-state index in [-0.39, 0.29) is 23.4 Å². The van der Waals surface area contributed by atoms with Crippen molar-refractivity contribution in [2.24, 2.45) is 0 Å². The number of halogens is 3. The Morgan fingerprint density at radius 1 is 1.13 bits per heavy atom. The van der Waals surface area contributed by atoms with Gasteiger partial charge in [-0.3, -0.25) is 4.79 Å². The predicted octanol–water partition coefficient (Wildman–Crippen LogP) is 6.27. The monoisotopic (exact) mass is 444 g/mol. The Kier molecular flexibility index (Phi) is 5.61. The average Bonchev–Trinajstić information content (AvgIpc) is 3.10. The van der Waals surface area contributed by atoms with Crippen LogP contribution < -0.4 is 10.1 Å². The van der Waals surface area contributed by atoms with Crippen LogP contribution in [0.3, 0.4) is 0 Å². The lowest BCUT2D eigenvalue weighted by atomic mass is 10.2. The summed E-state index contributed by atoms with van der Waals surface area (Å²) in [5.41, 5.74) is 2.89. The van der Waals surface area contributed by atoms with Crippen LogP contribution in [0, 0.1) is 12.7 Å². The molecule has 0 saturated heterocycles. The van der Waals surface area contributed by atoms with Gasteiger partial charge in [0.05, 0.1) is 10.6 Å². The molecule has 1 aromatic heterocycles. The van der Waals surface area contributed by atoms with E-state index in [1.165, 1.54) is 18.2 Å². The smallest absolute Gasteiger partial charge is 0.262 e. The third kappa shape index (κ3) is 4.40. The molecule has 5 nitrogen and oxygen atoms in total. The van der Waals surface area contributed by atoms with E-state index in [9.17, 15) is 9.18 Å². The van der Waals surface area contributed by atoms with Crippen molar-refractivity contribution in [1.29, 1.82) is 0 Å². The van der Waals surface area contributed by atoms with E-state index >= 15 is 0 Å². The fraction of sp³-hybridized carbons (Fsp3) is 0.0909. The van der Waals surface area contributed by atoms with Crippen LogP contribution in [0.5, 0.6) is 5.75 Å². The summed E-state index contributed by atoms with van der Waals surface area (Å²) in [6.07, 6.45) is 0. The van der Waals surface area contributed by atoms with Crippen molar-refractivity contribution in [3.05, 3.63) is 76.0 Å². The quantitative estimate of drug-likeness (QED) is 0.394. The molecule has 0 atom stereocenters. The number of amides is 1. The first-order valence-electron chi connectivity index (χ1n) is 8.94. The standard InChI is InChI=1S/C22H15Cl2FN2O3/c1-12-8-13(23)2-6-19(12)29-11-21(28)26-15-4-7-20-18(10-15)27-22(30-20)16-5-3-14(25)9-17(16)24/h2-10H,11H2,1H3,(H,26,28). The summed E-state index contributed by atoms with van der Waals surface area (Å²) in [4.78, 5) is 16.6. The maximum atomic E-state index is 13.3. The molecule has 0 spiro atoms. The number of aromatic nitrogens is 1. The lowest BCUT2D eigenvalue weighted by Gasteiger charge is -2.09. The van der Waals surface area contributed by atoms with Crippen molar-refractivity contribution in [3.8, 4) is 17.2 Å². The summed E-state index contributed by atoms with van der Waals surface area (Å²) in [6, 6.07) is 14.2. The van der Waals surface area contributed by atoms with Crippen LogP contribution in [0.25, 0.3) is 22.6 Å². The van der Waals surface area contributed by atoms with E-state index in [4.69, 9.17) is 32.4 Å². The molecule has 152 valence electrons. The lowest BCUT2D eigenvalue weighted by Crippen LogP contribution is -2.20. The second-order valence-corrected chi connectivity index (χ2v) is 7.42. The van der Waals surface area contributed by atoms with Gasteiger partial charge in [0.1, 0.15) is 17.1 Å². The zero-order valence-corrected chi connectivity index (χ0v) is 17.2. The van der Waals surface area contributed by atoms with Gasteiger partial charge in [-0.25, -0.2) is 9.37 Å². The summed E-state index contributed by atoms with van der Waals surface area (Å²) in [6.45, 7) is 1.69. The van der Waals surface area contributed by atoms with Gasteiger partial charge in [0, 0.05) is 10.7 Å². The minimum Gasteiger partial charge on any atom is -0.483 e. The number of nitrogens with one attached hydrogen (secondary N) is 1. The molecule has 0 radical (unpaired) electrons. The molecule has 0 aliphatic carbocycles. The number of rotatable bonds is 5. The molecule has 30 heavy (non-hydrogen) atoms. The van der Waals surface area contributed by atoms with Crippen LogP contribution in [0.1, 0.15) is 5.56 Å². The fourth-order valence-corrected chi connectivity index (χ4v) is 3.37. The minimum atomic E-state index is -0.444. The molecular weight excluding hydrogens is 430 g/mol. The number of carbonyl (C=O) groups excluding carboxylic acids is 1. The van der Waals surface area contributed by atoms with Crippen LogP contribution in [-0.2, 0) is 4.79 Å². The van der Waals surface area contributed by atoms with E-state index in [1.54, 1.807) is 36.4 Å². The largest absolute Gasteiger partial charge is 0.483 e. The molecule has 0 aliphatic heterocycles. The first-order chi connectivity index (χ1) is 14.4. The Bertz CT molecular complexity index is 1260. The number of oxazole rings is 1. The van der Waals surface area contributed by atoms with Crippen LogP contribution in [0.4, 0.5) is 10.1 Å². The number of ether oxygens (including phenoxy) is 1. The van der Waals surface area contributed by atoms with E-state index in [1.807, 2.05) is 6.92 Å². The van der Waals surface area contributed by atoms with E-state index in [2.05, 4.69) is 10.3 Å². The summed E-state index contributed by atoms with van der Waals surface area (Å²) >= 11 is 12.0. The van der Waals surface area contributed by atoms with Crippen LogP contribution >= 0.6 is 23.2 Å². The third-order valence-electron chi connectivity index (χ3n) is 4.33. The Morgan fingerprint density at radius 3 is 2.73 bits per heavy atom. The molecular formula is C22H15Cl2FN2O3. The Morgan fingerprint density at radius 2 is 1.97 bits per heavy atom. The highest BCUT2D eigenvalue weighted by molar-refractivity contribution is 6.33. The van der Waals surface area contributed by atoms with E-state index in [0.717, 1.165) is 5.56 Å². The molecule has 0 aliphatic rings. The molecule has 0 bridgehead atoms.